The molecule has 2 aromatic rings. The van der Waals surface area contributed by atoms with Gasteiger partial charge in [-0.1, -0.05) is 23.7 Å². The van der Waals surface area contributed by atoms with Crippen molar-refractivity contribution in [3.8, 4) is 5.88 Å². The minimum Gasteiger partial charge on any atom is -0.477 e. The van der Waals surface area contributed by atoms with Gasteiger partial charge >= 0.3 is 11.7 Å². The average molecular weight is 309 g/mol. The highest BCUT2D eigenvalue weighted by atomic mass is 35.5. The molecule has 0 fully saturated rings. The van der Waals surface area contributed by atoms with Crippen LogP contribution in [0.5, 0.6) is 5.88 Å². The molecule has 1 aromatic carbocycles. The molecule has 0 aliphatic rings. The molecule has 2 rings (SSSR count). The van der Waals surface area contributed by atoms with Crippen molar-refractivity contribution in [3.05, 3.63) is 62.8 Å². The van der Waals surface area contributed by atoms with Crippen molar-refractivity contribution in [1.82, 2.24) is 4.98 Å². The van der Waals surface area contributed by atoms with Crippen molar-refractivity contribution < 1.29 is 19.6 Å². The van der Waals surface area contributed by atoms with Crippen molar-refractivity contribution >= 4 is 23.3 Å². The number of hydrogen-bond acceptors (Lipinski definition) is 5. The molecule has 0 amide bonds. The first-order valence-corrected chi connectivity index (χ1v) is 6.10. The Morgan fingerprint density at radius 2 is 2.05 bits per heavy atom. The van der Waals surface area contributed by atoms with Gasteiger partial charge < -0.3 is 9.84 Å². The summed E-state index contributed by atoms with van der Waals surface area (Å²) in [6, 6.07) is 7.88. The number of benzene rings is 1. The molecule has 0 bridgehead atoms. The standard InChI is InChI=1S/C13H9ClN2O5/c14-9-3-1-8(2-4-9)7-21-12-5-10(13(17)18)11(6-15-12)16(19)20/h1-6H,7H2,(H,17,18). The van der Waals surface area contributed by atoms with Crippen molar-refractivity contribution in [2.75, 3.05) is 0 Å². The number of nitrogens with zero attached hydrogens (tertiary/aromatic N) is 2. The van der Waals surface area contributed by atoms with Gasteiger partial charge in [0.15, 0.2) is 0 Å². The predicted octanol–water partition coefficient (Wildman–Crippen LogP) is 2.92. The predicted molar refractivity (Wildman–Crippen MR) is 73.6 cm³/mol. The van der Waals surface area contributed by atoms with Gasteiger partial charge in [-0.25, -0.2) is 9.78 Å². The van der Waals surface area contributed by atoms with Crippen LogP contribution in [-0.4, -0.2) is 21.0 Å². The van der Waals surface area contributed by atoms with E-state index < -0.39 is 22.1 Å². The van der Waals surface area contributed by atoms with E-state index in [1.165, 1.54) is 0 Å². The Labute approximate surface area is 123 Å². The van der Waals surface area contributed by atoms with Crippen molar-refractivity contribution in [1.29, 1.82) is 0 Å². The number of aromatic nitrogens is 1. The zero-order valence-corrected chi connectivity index (χ0v) is 11.3. The van der Waals surface area contributed by atoms with Crippen LogP contribution in [0.1, 0.15) is 15.9 Å². The summed E-state index contributed by atoms with van der Waals surface area (Å²) < 4.78 is 5.32. The van der Waals surface area contributed by atoms with Crippen LogP contribution in [0.25, 0.3) is 0 Å². The van der Waals surface area contributed by atoms with Gasteiger partial charge in [-0.15, -0.1) is 0 Å². The quantitative estimate of drug-likeness (QED) is 0.673. The lowest BCUT2D eigenvalue weighted by Gasteiger charge is -2.06. The Morgan fingerprint density at radius 3 is 2.62 bits per heavy atom. The smallest absolute Gasteiger partial charge is 0.342 e. The van der Waals surface area contributed by atoms with E-state index in [4.69, 9.17) is 21.4 Å². The van der Waals surface area contributed by atoms with Gasteiger partial charge in [-0.05, 0) is 17.7 Å². The summed E-state index contributed by atoms with van der Waals surface area (Å²) in [6.07, 6.45) is 0.862. The SMILES string of the molecule is O=C(O)c1cc(OCc2ccc(Cl)cc2)ncc1[N+](=O)[O-]. The third kappa shape index (κ3) is 3.67. The zero-order chi connectivity index (χ0) is 15.4. The van der Waals surface area contributed by atoms with Gasteiger partial charge in [0.25, 0.3) is 0 Å². The van der Waals surface area contributed by atoms with Gasteiger partial charge in [0.2, 0.25) is 5.88 Å². The molecule has 108 valence electrons. The molecule has 0 saturated carbocycles. The Morgan fingerprint density at radius 1 is 1.38 bits per heavy atom. The molecule has 0 aliphatic heterocycles. The molecule has 0 unspecified atom stereocenters. The summed E-state index contributed by atoms with van der Waals surface area (Å²) in [5.74, 6) is -1.42. The van der Waals surface area contributed by atoms with Gasteiger partial charge in [0, 0.05) is 11.1 Å². The topological polar surface area (TPSA) is 103 Å². The Kier molecular flexibility index (Phi) is 4.34. The van der Waals surface area contributed by atoms with Gasteiger partial charge in [0.1, 0.15) is 18.4 Å². The summed E-state index contributed by atoms with van der Waals surface area (Å²) >= 11 is 5.75. The number of aromatic carboxylic acids is 1. The Balaban J connectivity index is 2.17. The molecule has 8 heteroatoms. The van der Waals surface area contributed by atoms with Crippen LogP contribution >= 0.6 is 11.6 Å². The lowest BCUT2D eigenvalue weighted by molar-refractivity contribution is -0.385. The van der Waals surface area contributed by atoms with Crippen LogP contribution in [0.4, 0.5) is 5.69 Å². The summed E-state index contributed by atoms with van der Waals surface area (Å²) in [5, 5.41) is 20.2. The second-order valence-electron chi connectivity index (χ2n) is 4.02. The third-order valence-corrected chi connectivity index (χ3v) is 2.84. The monoisotopic (exact) mass is 308 g/mol. The van der Waals surface area contributed by atoms with Crippen molar-refractivity contribution in [2.45, 2.75) is 6.61 Å². The number of rotatable bonds is 5. The normalized spacial score (nSPS) is 10.1. The highest BCUT2D eigenvalue weighted by molar-refractivity contribution is 6.30. The molecule has 0 radical (unpaired) electrons. The molecule has 1 heterocycles. The summed E-state index contributed by atoms with van der Waals surface area (Å²) in [4.78, 5) is 24.6. The maximum atomic E-state index is 11.0. The molecule has 21 heavy (non-hydrogen) atoms. The number of ether oxygens (including phenoxy) is 1. The molecular weight excluding hydrogens is 300 g/mol. The first kappa shape index (κ1) is 14.7. The highest BCUT2D eigenvalue weighted by Gasteiger charge is 2.21. The van der Waals surface area contributed by atoms with E-state index in [9.17, 15) is 14.9 Å². The fraction of sp³-hybridized carbons (Fsp3) is 0.0769. The summed E-state index contributed by atoms with van der Waals surface area (Å²) in [7, 11) is 0. The fourth-order valence-corrected chi connectivity index (χ4v) is 1.69. The van der Waals surface area contributed by atoms with Crippen LogP contribution in [-0.2, 0) is 6.61 Å². The molecule has 0 spiro atoms. The Bertz CT molecular complexity index is 687. The van der Waals surface area contributed by atoms with E-state index in [0.717, 1.165) is 17.8 Å². The first-order valence-electron chi connectivity index (χ1n) is 5.72. The first-order chi connectivity index (χ1) is 9.97. The second kappa shape index (κ2) is 6.19. The van der Waals surface area contributed by atoms with Crippen LogP contribution in [0.3, 0.4) is 0 Å². The van der Waals surface area contributed by atoms with Gasteiger partial charge in [0.05, 0.1) is 4.92 Å². The molecule has 0 aliphatic carbocycles. The van der Waals surface area contributed by atoms with E-state index in [2.05, 4.69) is 4.98 Å². The summed E-state index contributed by atoms with van der Waals surface area (Å²) in [6.45, 7) is 0.140. The Hall–Kier alpha value is -2.67. The number of carboxylic acids is 1. The molecule has 0 saturated heterocycles. The zero-order valence-electron chi connectivity index (χ0n) is 10.5. The lowest BCUT2D eigenvalue weighted by atomic mass is 10.2. The highest BCUT2D eigenvalue weighted by Crippen LogP contribution is 2.22. The van der Waals surface area contributed by atoms with E-state index in [-0.39, 0.29) is 12.5 Å². The summed E-state index contributed by atoms with van der Waals surface area (Å²) in [5.41, 5.74) is -0.251. The fourth-order valence-electron chi connectivity index (χ4n) is 1.56. The van der Waals surface area contributed by atoms with E-state index in [1.54, 1.807) is 24.3 Å². The number of halogens is 1. The number of pyridine rings is 1. The van der Waals surface area contributed by atoms with E-state index >= 15 is 0 Å². The number of carbonyl (C=O) groups is 1. The van der Waals surface area contributed by atoms with E-state index in [1.807, 2.05) is 0 Å². The molecule has 0 atom stereocenters. The second-order valence-corrected chi connectivity index (χ2v) is 4.45. The minimum atomic E-state index is -1.42. The third-order valence-electron chi connectivity index (χ3n) is 2.58. The van der Waals surface area contributed by atoms with Crippen LogP contribution in [0, 0.1) is 10.1 Å². The number of carboxylic acid groups (broad SMARTS) is 1. The van der Waals surface area contributed by atoms with Crippen LogP contribution in [0.15, 0.2) is 36.5 Å². The number of hydrogen-bond donors (Lipinski definition) is 1. The van der Waals surface area contributed by atoms with Crippen LogP contribution < -0.4 is 4.74 Å². The molecular formula is C13H9ClN2O5. The molecule has 7 nitrogen and oxygen atoms in total. The maximum absolute atomic E-state index is 11.0. The lowest BCUT2D eigenvalue weighted by Crippen LogP contribution is -2.05. The van der Waals surface area contributed by atoms with E-state index in [0.29, 0.717) is 5.02 Å². The maximum Gasteiger partial charge on any atom is 0.342 e. The van der Waals surface area contributed by atoms with Crippen molar-refractivity contribution in [2.24, 2.45) is 0 Å². The van der Waals surface area contributed by atoms with Crippen molar-refractivity contribution in [3.63, 3.8) is 0 Å². The minimum absolute atomic E-state index is 0.00653. The van der Waals surface area contributed by atoms with Gasteiger partial charge in [-0.3, -0.25) is 10.1 Å². The van der Waals surface area contributed by atoms with Gasteiger partial charge in [-0.2, -0.15) is 0 Å². The molecule has 1 aromatic heterocycles. The molecule has 1 N–H and O–H groups in total. The van der Waals surface area contributed by atoms with Crippen LogP contribution in [0.2, 0.25) is 5.02 Å². The number of nitro groups is 1. The largest absolute Gasteiger partial charge is 0.477 e. The average Bonchev–Trinajstić information content (AvgIpc) is 2.46.